The average molecular weight is 240 g/mol. The molecule has 2 N–H and O–H groups in total. The summed E-state index contributed by atoms with van der Waals surface area (Å²) in [5, 5.41) is 10.0. The molecule has 1 atom stereocenters. The first kappa shape index (κ1) is 13.5. The van der Waals surface area contributed by atoms with Crippen molar-refractivity contribution in [2.24, 2.45) is 7.05 Å². The number of hydrogen-bond donors (Lipinski definition) is 2. The van der Waals surface area contributed by atoms with Gasteiger partial charge in [0.05, 0.1) is 24.4 Å². The van der Waals surface area contributed by atoms with Crippen LogP contribution in [0.25, 0.3) is 0 Å². The summed E-state index contributed by atoms with van der Waals surface area (Å²) in [5.74, 6) is 0.685. The van der Waals surface area contributed by atoms with Crippen molar-refractivity contribution in [2.75, 3.05) is 14.2 Å². The van der Waals surface area contributed by atoms with E-state index in [-0.39, 0.29) is 11.9 Å². The zero-order valence-corrected chi connectivity index (χ0v) is 11.0. The van der Waals surface area contributed by atoms with Crippen molar-refractivity contribution in [3.05, 3.63) is 11.3 Å². The molecule has 6 heteroatoms. The number of aryl methyl sites for hydroxylation is 2. The van der Waals surface area contributed by atoms with Crippen molar-refractivity contribution in [2.45, 2.75) is 26.4 Å². The second kappa shape index (κ2) is 5.67. The largest absolute Gasteiger partial charge is 0.481 e. The molecule has 0 fully saturated rings. The molecule has 0 saturated heterocycles. The highest BCUT2D eigenvalue weighted by molar-refractivity contribution is 5.80. The monoisotopic (exact) mass is 240 g/mol. The fourth-order valence-electron chi connectivity index (χ4n) is 1.70. The van der Waals surface area contributed by atoms with Gasteiger partial charge >= 0.3 is 0 Å². The van der Waals surface area contributed by atoms with Gasteiger partial charge < -0.3 is 15.4 Å². The summed E-state index contributed by atoms with van der Waals surface area (Å²) < 4.78 is 6.97. The lowest BCUT2D eigenvalue weighted by molar-refractivity contribution is -0.122. The molecule has 1 rings (SSSR count). The zero-order chi connectivity index (χ0) is 13.0. The van der Waals surface area contributed by atoms with Gasteiger partial charge in [-0.05, 0) is 13.8 Å². The van der Waals surface area contributed by atoms with Crippen molar-refractivity contribution in [3.63, 3.8) is 0 Å². The van der Waals surface area contributed by atoms with E-state index in [1.165, 1.54) is 0 Å². The highest BCUT2D eigenvalue weighted by Crippen LogP contribution is 2.20. The molecular weight excluding hydrogens is 220 g/mol. The maximum absolute atomic E-state index is 11.4. The summed E-state index contributed by atoms with van der Waals surface area (Å²) in [6.45, 7) is 4.29. The first-order valence-electron chi connectivity index (χ1n) is 5.52. The van der Waals surface area contributed by atoms with E-state index >= 15 is 0 Å². The van der Waals surface area contributed by atoms with E-state index in [9.17, 15) is 4.79 Å². The van der Waals surface area contributed by atoms with Crippen LogP contribution >= 0.6 is 0 Å². The third-order valence-corrected chi connectivity index (χ3v) is 2.71. The predicted molar refractivity (Wildman–Crippen MR) is 64.9 cm³/mol. The number of carbonyl (C=O) groups is 1. The van der Waals surface area contributed by atoms with Gasteiger partial charge in [0.2, 0.25) is 11.8 Å². The van der Waals surface area contributed by atoms with Gasteiger partial charge in [-0.3, -0.25) is 4.79 Å². The van der Waals surface area contributed by atoms with E-state index in [0.717, 1.165) is 17.1 Å². The first-order chi connectivity index (χ1) is 8.01. The van der Waals surface area contributed by atoms with Crippen LogP contribution in [-0.2, 0) is 18.4 Å². The lowest BCUT2D eigenvalue weighted by Gasteiger charge is -2.12. The Labute approximate surface area is 101 Å². The van der Waals surface area contributed by atoms with E-state index in [1.54, 1.807) is 18.8 Å². The third-order valence-electron chi connectivity index (χ3n) is 2.71. The minimum absolute atomic E-state index is 0.0366. The maximum Gasteiger partial charge on any atom is 0.236 e. The van der Waals surface area contributed by atoms with Gasteiger partial charge in [0.1, 0.15) is 0 Å². The Bertz CT molecular complexity index is 400. The summed E-state index contributed by atoms with van der Waals surface area (Å²) in [6, 6.07) is -0.246. The minimum Gasteiger partial charge on any atom is -0.481 e. The molecule has 1 amide bonds. The fourth-order valence-corrected chi connectivity index (χ4v) is 1.70. The van der Waals surface area contributed by atoms with E-state index in [4.69, 9.17) is 4.74 Å². The van der Waals surface area contributed by atoms with Gasteiger partial charge in [-0.2, -0.15) is 5.10 Å². The average Bonchev–Trinajstić information content (AvgIpc) is 2.58. The Morgan fingerprint density at radius 1 is 1.59 bits per heavy atom. The van der Waals surface area contributed by atoms with Crippen molar-refractivity contribution in [3.8, 4) is 5.88 Å². The Kier molecular flexibility index (Phi) is 4.51. The number of hydrogen-bond acceptors (Lipinski definition) is 4. The van der Waals surface area contributed by atoms with Gasteiger partial charge in [-0.15, -0.1) is 0 Å². The molecule has 0 saturated carbocycles. The second-order valence-corrected chi connectivity index (χ2v) is 3.91. The standard InChI is InChI=1S/C11H20N4O2/c1-7-9(11(17-5)15(4)14-7)6-13-8(2)10(16)12-3/h8,13H,6H2,1-5H3,(H,12,16). The number of likely N-dealkylation sites (N-methyl/N-ethyl adjacent to an activating group) is 1. The number of ether oxygens (including phenoxy) is 1. The molecule has 1 aromatic heterocycles. The molecule has 1 aromatic rings. The van der Waals surface area contributed by atoms with Crippen LogP contribution in [0.4, 0.5) is 0 Å². The molecule has 1 unspecified atom stereocenters. The number of rotatable bonds is 5. The summed E-state index contributed by atoms with van der Waals surface area (Å²) in [6.07, 6.45) is 0. The van der Waals surface area contributed by atoms with E-state index < -0.39 is 0 Å². The van der Waals surface area contributed by atoms with Crippen LogP contribution in [0, 0.1) is 6.92 Å². The molecule has 0 bridgehead atoms. The predicted octanol–water partition coefficient (Wildman–Crippen LogP) is -0.0388. The van der Waals surface area contributed by atoms with Crippen molar-refractivity contribution < 1.29 is 9.53 Å². The topological polar surface area (TPSA) is 68.2 Å². The summed E-state index contributed by atoms with van der Waals surface area (Å²) in [7, 11) is 5.07. The highest BCUT2D eigenvalue weighted by atomic mass is 16.5. The molecule has 0 aliphatic carbocycles. The normalized spacial score (nSPS) is 12.3. The molecule has 6 nitrogen and oxygen atoms in total. The minimum atomic E-state index is -0.246. The number of amides is 1. The fraction of sp³-hybridized carbons (Fsp3) is 0.636. The van der Waals surface area contributed by atoms with Crippen LogP contribution in [0.3, 0.4) is 0 Å². The van der Waals surface area contributed by atoms with E-state index in [2.05, 4.69) is 15.7 Å². The van der Waals surface area contributed by atoms with Crippen LogP contribution in [0.15, 0.2) is 0 Å². The lowest BCUT2D eigenvalue weighted by atomic mass is 10.2. The number of methoxy groups -OCH3 is 1. The van der Waals surface area contributed by atoms with Gasteiger partial charge in [0, 0.05) is 20.6 Å². The quantitative estimate of drug-likeness (QED) is 0.758. The summed E-state index contributed by atoms with van der Waals surface area (Å²) >= 11 is 0. The smallest absolute Gasteiger partial charge is 0.236 e. The van der Waals surface area contributed by atoms with E-state index in [0.29, 0.717) is 6.54 Å². The summed E-state index contributed by atoms with van der Waals surface area (Å²) in [5.41, 5.74) is 1.88. The third kappa shape index (κ3) is 2.97. The Balaban J connectivity index is 2.72. The summed E-state index contributed by atoms with van der Waals surface area (Å²) in [4.78, 5) is 11.4. The van der Waals surface area contributed by atoms with Crippen LogP contribution in [0.5, 0.6) is 5.88 Å². The molecule has 0 aliphatic heterocycles. The Hall–Kier alpha value is -1.56. The molecule has 0 aromatic carbocycles. The van der Waals surface area contributed by atoms with Gasteiger partial charge in [0.25, 0.3) is 0 Å². The van der Waals surface area contributed by atoms with E-state index in [1.807, 2.05) is 20.9 Å². The molecular formula is C11H20N4O2. The number of nitrogens with zero attached hydrogens (tertiary/aromatic N) is 2. The number of nitrogens with one attached hydrogen (secondary N) is 2. The Morgan fingerprint density at radius 2 is 2.24 bits per heavy atom. The molecule has 17 heavy (non-hydrogen) atoms. The van der Waals surface area contributed by atoms with Crippen molar-refractivity contribution in [1.82, 2.24) is 20.4 Å². The molecule has 0 spiro atoms. The number of carbonyl (C=O) groups excluding carboxylic acids is 1. The SMILES string of the molecule is CNC(=O)C(C)NCc1c(C)nn(C)c1OC. The molecule has 0 aliphatic rings. The van der Waals surface area contributed by atoms with Gasteiger partial charge in [-0.25, -0.2) is 4.68 Å². The Morgan fingerprint density at radius 3 is 2.76 bits per heavy atom. The first-order valence-corrected chi connectivity index (χ1v) is 5.52. The number of aromatic nitrogens is 2. The maximum atomic E-state index is 11.4. The van der Waals surface area contributed by atoms with Crippen molar-refractivity contribution >= 4 is 5.91 Å². The molecule has 96 valence electrons. The van der Waals surface area contributed by atoms with Crippen LogP contribution in [0.1, 0.15) is 18.2 Å². The second-order valence-electron chi connectivity index (χ2n) is 3.91. The molecule has 0 radical (unpaired) electrons. The van der Waals surface area contributed by atoms with Crippen molar-refractivity contribution in [1.29, 1.82) is 0 Å². The highest BCUT2D eigenvalue weighted by Gasteiger charge is 2.16. The lowest BCUT2D eigenvalue weighted by Crippen LogP contribution is -2.40. The van der Waals surface area contributed by atoms with Crippen LogP contribution < -0.4 is 15.4 Å². The van der Waals surface area contributed by atoms with Crippen LogP contribution in [-0.4, -0.2) is 35.9 Å². The van der Waals surface area contributed by atoms with Gasteiger partial charge in [-0.1, -0.05) is 0 Å². The molecule has 1 heterocycles. The van der Waals surface area contributed by atoms with Gasteiger partial charge in [0.15, 0.2) is 0 Å². The van der Waals surface area contributed by atoms with Crippen LogP contribution in [0.2, 0.25) is 0 Å². The zero-order valence-electron chi connectivity index (χ0n) is 11.0.